The van der Waals surface area contributed by atoms with E-state index < -0.39 is 28.4 Å². The van der Waals surface area contributed by atoms with Crippen LogP contribution in [0.5, 0.6) is 5.88 Å². The summed E-state index contributed by atoms with van der Waals surface area (Å²) in [4.78, 5) is 24.6. The molecule has 0 spiro atoms. The van der Waals surface area contributed by atoms with Crippen LogP contribution in [0.3, 0.4) is 0 Å². The highest BCUT2D eigenvalue weighted by atomic mass is 35.5. The van der Waals surface area contributed by atoms with Gasteiger partial charge < -0.3 is 14.5 Å². The van der Waals surface area contributed by atoms with E-state index >= 15 is 0 Å². The summed E-state index contributed by atoms with van der Waals surface area (Å²) in [6, 6.07) is 5.92. The lowest BCUT2D eigenvalue weighted by molar-refractivity contribution is -0.134. The molecule has 41 heavy (non-hydrogen) atoms. The molecule has 11 nitrogen and oxygen atoms in total. The minimum absolute atomic E-state index is 0.0217. The van der Waals surface area contributed by atoms with Crippen LogP contribution in [0.15, 0.2) is 34.8 Å². The van der Waals surface area contributed by atoms with E-state index in [1.54, 1.807) is 23.1 Å². The van der Waals surface area contributed by atoms with Crippen LogP contribution in [0.1, 0.15) is 65.2 Å². The number of ether oxygens (including phenoxy) is 1. The van der Waals surface area contributed by atoms with Gasteiger partial charge in [-0.3, -0.25) is 14.0 Å². The first-order valence-electron chi connectivity index (χ1n) is 12.6. The fourth-order valence-corrected chi connectivity index (χ4v) is 6.85. The summed E-state index contributed by atoms with van der Waals surface area (Å²) < 4.78 is 64.5. The first kappa shape index (κ1) is 29.4. The molecule has 220 valence electrons. The van der Waals surface area contributed by atoms with Crippen LogP contribution in [0.2, 0.25) is 5.02 Å². The molecule has 1 fully saturated rings. The number of hydrogen-bond donors (Lipinski definition) is 1. The number of benzene rings is 1. The van der Waals surface area contributed by atoms with Crippen LogP contribution in [-0.2, 0) is 32.6 Å². The summed E-state index contributed by atoms with van der Waals surface area (Å²) in [5.41, 5.74) is 1.77. The molecule has 4 heterocycles. The predicted molar refractivity (Wildman–Crippen MR) is 146 cm³/mol. The molecule has 2 aliphatic heterocycles. The maximum Gasteiger partial charge on any atom is 0.280 e. The fourth-order valence-electron chi connectivity index (χ4n) is 4.89. The molecule has 2 aromatic heterocycles. The largest absolute Gasteiger partial charge is 0.466 e. The molecule has 16 heteroatoms. The Labute approximate surface area is 243 Å². The summed E-state index contributed by atoms with van der Waals surface area (Å²) in [7, 11) is -2.89. The fraction of sp³-hybridized carbons (Fsp3) is 0.440. The third-order valence-electron chi connectivity index (χ3n) is 6.95. The van der Waals surface area contributed by atoms with Gasteiger partial charge in [-0.15, -0.1) is 16.4 Å². The second-order valence-corrected chi connectivity index (χ2v) is 12.5. The lowest BCUT2D eigenvalue weighted by Crippen LogP contribution is -2.40. The number of piperidine rings is 1. The van der Waals surface area contributed by atoms with Crippen LogP contribution in [-0.4, -0.2) is 64.0 Å². The van der Waals surface area contributed by atoms with Gasteiger partial charge in [0.1, 0.15) is 17.2 Å². The van der Waals surface area contributed by atoms with E-state index in [1.807, 2.05) is 5.38 Å². The smallest absolute Gasteiger partial charge is 0.280 e. The van der Waals surface area contributed by atoms with Gasteiger partial charge >= 0.3 is 0 Å². The van der Waals surface area contributed by atoms with Crippen molar-refractivity contribution in [2.45, 2.75) is 43.5 Å². The van der Waals surface area contributed by atoms with Crippen molar-refractivity contribution < 1.29 is 36.1 Å². The monoisotopic (exact) mass is 629 g/mol. The van der Waals surface area contributed by atoms with Gasteiger partial charge in [0.2, 0.25) is 5.88 Å². The zero-order valence-corrected chi connectivity index (χ0v) is 24.1. The third kappa shape index (κ3) is 6.85. The molecule has 3 aromatic rings. The highest BCUT2D eigenvalue weighted by Crippen LogP contribution is 2.38. The molecular weight excluding hydrogens is 604 g/mol. The number of halogens is 3. The van der Waals surface area contributed by atoms with Gasteiger partial charge in [0.25, 0.3) is 22.5 Å². The number of oxime groups is 1. The summed E-state index contributed by atoms with van der Waals surface area (Å²) >= 11 is 7.84. The van der Waals surface area contributed by atoms with Crippen molar-refractivity contribution in [2.24, 2.45) is 12.2 Å². The Morgan fingerprint density at radius 1 is 1.32 bits per heavy atom. The van der Waals surface area contributed by atoms with Crippen molar-refractivity contribution in [2.75, 3.05) is 19.7 Å². The standard InChI is InChI=1S/C25H26ClF2N5O6S2/c1-32-19(24(27)28)10-21(30-32)38-11-22(34)33-7-5-14(6-8-33)25-29-18(12-40-25)17-9-20(39-31-17)23-15(13-41(35,36)37)3-2-4-16(23)26/h2-4,10,12,14,20,24H,5-9,11,13H2,1H3,(H,35,36,37). The number of amides is 1. The average molecular weight is 630 g/mol. The van der Waals surface area contributed by atoms with Crippen LogP contribution in [0.4, 0.5) is 8.78 Å². The number of aromatic nitrogens is 3. The van der Waals surface area contributed by atoms with Gasteiger partial charge in [-0.2, -0.15) is 8.42 Å². The number of hydrogen-bond acceptors (Lipinski definition) is 9. The number of rotatable bonds is 9. The highest BCUT2D eigenvalue weighted by Gasteiger charge is 2.31. The Morgan fingerprint density at radius 2 is 2.07 bits per heavy atom. The average Bonchev–Trinajstić information content (AvgIpc) is 3.66. The Kier molecular flexibility index (Phi) is 8.59. The maximum atomic E-state index is 12.9. The van der Waals surface area contributed by atoms with Crippen LogP contribution in [0.25, 0.3) is 0 Å². The van der Waals surface area contributed by atoms with Crippen molar-refractivity contribution in [3.63, 3.8) is 0 Å². The van der Waals surface area contributed by atoms with Crippen molar-refractivity contribution >= 4 is 44.7 Å². The molecule has 1 aromatic carbocycles. The summed E-state index contributed by atoms with van der Waals surface area (Å²) in [6.07, 6.45) is -1.59. The van der Waals surface area contributed by atoms with Gasteiger partial charge in [-0.25, -0.2) is 13.8 Å². The number of likely N-dealkylation sites (tertiary alicyclic amines) is 1. The molecule has 1 amide bonds. The van der Waals surface area contributed by atoms with Gasteiger partial charge in [-0.05, 0) is 24.5 Å². The second kappa shape index (κ2) is 12.0. The number of nitrogens with zero attached hydrogens (tertiary/aromatic N) is 5. The Bertz CT molecular complexity index is 1570. The van der Waals surface area contributed by atoms with E-state index in [2.05, 4.69) is 10.3 Å². The van der Waals surface area contributed by atoms with Crippen molar-refractivity contribution in [3.8, 4) is 5.88 Å². The van der Waals surface area contributed by atoms with E-state index in [-0.39, 0.29) is 30.0 Å². The lowest BCUT2D eigenvalue weighted by Gasteiger charge is -2.31. The molecule has 0 aliphatic carbocycles. The lowest BCUT2D eigenvalue weighted by atomic mass is 9.97. The normalized spacial score (nSPS) is 18.0. The van der Waals surface area contributed by atoms with Crippen molar-refractivity contribution in [1.82, 2.24) is 19.7 Å². The number of carbonyl (C=O) groups is 1. The Hall–Kier alpha value is -3.14. The predicted octanol–water partition coefficient (Wildman–Crippen LogP) is 4.51. The van der Waals surface area contributed by atoms with Crippen LogP contribution >= 0.6 is 22.9 Å². The third-order valence-corrected chi connectivity index (χ3v) is 8.96. The molecule has 5 rings (SSSR count). The van der Waals surface area contributed by atoms with Crippen LogP contribution in [0, 0.1) is 0 Å². The minimum Gasteiger partial charge on any atom is -0.466 e. The van der Waals surface area contributed by atoms with Crippen molar-refractivity contribution in [1.29, 1.82) is 0 Å². The Morgan fingerprint density at radius 3 is 2.76 bits per heavy atom. The van der Waals surface area contributed by atoms with Gasteiger partial charge in [0.05, 0.1) is 10.7 Å². The first-order chi connectivity index (χ1) is 19.5. The zero-order valence-electron chi connectivity index (χ0n) is 21.7. The first-order valence-corrected chi connectivity index (χ1v) is 15.5. The van der Waals surface area contributed by atoms with E-state index in [0.29, 0.717) is 59.9 Å². The number of thiazole rings is 1. The molecule has 0 saturated carbocycles. The second-order valence-electron chi connectivity index (χ2n) is 9.72. The number of aryl methyl sites for hydroxylation is 1. The number of carbonyl (C=O) groups excluding carboxylic acids is 1. The highest BCUT2D eigenvalue weighted by molar-refractivity contribution is 7.85. The van der Waals surface area contributed by atoms with E-state index in [9.17, 15) is 26.5 Å². The zero-order chi connectivity index (χ0) is 29.3. The molecule has 0 radical (unpaired) electrons. The number of alkyl halides is 2. The summed E-state index contributed by atoms with van der Waals surface area (Å²) in [6.45, 7) is 0.715. The molecule has 1 saturated heterocycles. The van der Waals surface area contributed by atoms with E-state index in [0.717, 1.165) is 15.8 Å². The summed E-state index contributed by atoms with van der Waals surface area (Å²) in [5.74, 6) is -0.711. The molecule has 0 bridgehead atoms. The molecule has 1 unspecified atom stereocenters. The molecule has 1 atom stereocenters. The maximum absolute atomic E-state index is 12.9. The topological polar surface area (TPSA) is 136 Å². The molecular formula is C25H26ClF2N5O6S2. The van der Waals surface area contributed by atoms with Crippen LogP contribution < -0.4 is 4.74 Å². The van der Waals surface area contributed by atoms with Gasteiger partial charge in [0, 0.05) is 54.5 Å². The van der Waals surface area contributed by atoms with E-state index in [4.69, 9.17) is 26.2 Å². The van der Waals surface area contributed by atoms with E-state index in [1.165, 1.54) is 18.4 Å². The SMILES string of the molecule is Cn1nc(OCC(=O)N2CCC(c3nc(C4=NOC(c5c(Cl)cccc5CS(=O)(=O)O)C4)cs3)CC2)cc1C(F)F. The van der Waals surface area contributed by atoms with Crippen molar-refractivity contribution in [3.05, 3.63) is 62.2 Å². The van der Waals surface area contributed by atoms with Gasteiger partial charge in [0.15, 0.2) is 12.7 Å². The van der Waals surface area contributed by atoms with Gasteiger partial charge in [-0.1, -0.05) is 28.9 Å². The summed E-state index contributed by atoms with van der Waals surface area (Å²) in [5, 5.41) is 11.1. The molecule has 2 aliphatic rings. The quantitative estimate of drug-likeness (QED) is 0.342. The molecule has 1 N–H and O–H groups in total. The minimum atomic E-state index is -4.27. The Balaban J connectivity index is 1.15.